The molecule has 4 nitrogen and oxygen atoms in total. The first-order chi connectivity index (χ1) is 8.38. The Morgan fingerprint density at radius 1 is 1.33 bits per heavy atom. The summed E-state index contributed by atoms with van der Waals surface area (Å²) in [4.78, 5) is 0.362. The van der Waals surface area contributed by atoms with E-state index >= 15 is 0 Å². The summed E-state index contributed by atoms with van der Waals surface area (Å²) in [6, 6.07) is 5.36. The van der Waals surface area contributed by atoms with Crippen molar-refractivity contribution >= 4 is 10.0 Å². The maximum absolute atomic E-state index is 12.2. The van der Waals surface area contributed by atoms with Crippen LogP contribution in [0.15, 0.2) is 23.1 Å². The Bertz CT molecular complexity index is 548. The highest BCUT2D eigenvalue weighted by molar-refractivity contribution is 7.89. The molecule has 0 aliphatic heterocycles. The van der Waals surface area contributed by atoms with Gasteiger partial charge in [-0.25, -0.2) is 13.1 Å². The van der Waals surface area contributed by atoms with Gasteiger partial charge in [-0.1, -0.05) is 17.7 Å². The van der Waals surface area contributed by atoms with Gasteiger partial charge in [0.2, 0.25) is 10.0 Å². The highest BCUT2D eigenvalue weighted by atomic mass is 32.2. The molecule has 1 aromatic rings. The van der Waals surface area contributed by atoms with E-state index in [0.29, 0.717) is 18.0 Å². The van der Waals surface area contributed by atoms with Gasteiger partial charge < -0.3 is 5.73 Å². The van der Waals surface area contributed by atoms with Gasteiger partial charge in [-0.05, 0) is 50.3 Å². The summed E-state index contributed by atoms with van der Waals surface area (Å²) < 4.78 is 27.1. The molecule has 0 aromatic heterocycles. The first kappa shape index (κ1) is 13.5. The van der Waals surface area contributed by atoms with E-state index in [1.807, 2.05) is 26.0 Å². The zero-order valence-electron chi connectivity index (χ0n) is 10.9. The van der Waals surface area contributed by atoms with E-state index < -0.39 is 10.0 Å². The normalized spacial score (nSPS) is 17.7. The zero-order valence-corrected chi connectivity index (χ0v) is 11.7. The smallest absolute Gasteiger partial charge is 0.240 e. The van der Waals surface area contributed by atoms with E-state index in [-0.39, 0.29) is 5.41 Å². The second kappa shape index (κ2) is 4.64. The van der Waals surface area contributed by atoms with Crippen molar-refractivity contribution in [2.24, 2.45) is 11.1 Å². The lowest BCUT2D eigenvalue weighted by molar-refractivity contribution is 0.500. The van der Waals surface area contributed by atoms with E-state index in [9.17, 15) is 8.42 Å². The number of aryl methyl sites for hydroxylation is 2. The molecule has 1 fully saturated rings. The minimum atomic E-state index is -3.42. The first-order valence-corrected chi connectivity index (χ1v) is 7.64. The van der Waals surface area contributed by atoms with Crippen LogP contribution in [-0.2, 0) is 10.0 Å². The van der Waals surface area contributed by atoms with Crippen molar-refractivity contribution in [3.05, 3.63) is 29.3 Å². The topological polar surface area (TPSA) is 72.2 Å². The first-order valence-electron chi connectivity index (χ1n) is 6.16. The molecule has 1 aliphatic rings. The highest BCUT2D eigenvalue weighted by Crippen LogP contribution is 2.43. The molecule has 0 radical (unpaired) electrons. The quantitative estimate of drug-likeness (QED) is 0.846. The van der Waals surface area contributed by atoms with Gasteiger partial charge >= 0.3 is 0 Å². The van der Waals surface area contributed by atoms with Gasteiger partial charge in [0.05, 0.1) is 4.90 Å². The van der Waals surface area contributed by atoms with E-state index in [0.717, 1.165) is 24.0 Å². The van der Waals surface area contributed by atoms with E-state index in [2.05, 4.69) is 4.72 Å². The number of hydrogen-bond acceptors (Lipinski definition) is 3. The Labute approximate surface area is 109 Å². The number of nitrogens with one attached hydrogen (secondary N) is 1. The molecule has 1 saturated carbocycles. The Balaban J connectivity index is 2.15. The van der Waals surface area contributed by atoms with Crippen LogP contribution >= 0.6 is 0 Å². The van der Waals surface area contributed by atoms with Gasteiger partial charge in [-0.3, -0.25) is 0 Å². The van der Waals surface area contributed by atoms with Crippen LogP contribution in [-0.4, -0.2) is 21.5 Å². The lowest BCUT2D eigenvalue weighted by Gasteiger charge is -2.15. The van der Waals surface area contributed by atoms with E-state index in [1.165, 1.54) is 0 Å². The molecule has 18 heavy (non-hydrogen) atoms. The third kappa shape index (κ3) is 2.74. The molecule has 2 rings (SSSR count). The molecule has 5 heteroatoms. The summed E-state index contributed by atoms with van der Waals surface area (Å²) in [6.45, 7) is 4.75. The lowest BCUT2D eigenvalue weighted by Crippen LogP contribution is -2.34. The van der Waals surface area contributed by atoms with Crippen molar-refractivity contribution in [1.29, 1.82) is 0 Å². The summed E-state index contributed by atoms with van der Waals surface area (Å²) in [7, 11) is -3.42. The van der Waals surface area contributed by atoms with E-state index in [4.69, 9.17) is 5.73 Å². The molecule has 100 valence electrons. The van der Waals surface area contributed by atoms with Crippen LogP contribution < -0.4 is 10.5 Å². The standard InChI is InChI=1S/C13H20N2O2S/c1-10-3-4-12(11(2)7-10)18(16,17)15-9-13(8-14)5-6-13/h3-4,7,15H,5-6,8-9,14H2,1-2H3. The molecular formula is C13H20N2O2S. The molecule has 0 amide bonds. The minimum absolute atomic E-state index is 0.00563. The van der Waals surface area contributed by atoms with Crippen molar-refractivity contribution in [2.75, 3.05) is 13.1 Å². The number of hydrogen-bond donors (Lipinski definition) is 2. The molecule has 0 bridgehead atoms. The molecule has 0 heterocycles. The Morgan fingerprint density at radius 3 is 2.50 bits per heavy atom. The van der Waals surface area contributed by atoms with Gasteiger partial charge in [0, 0.05) is 6.54 Å². The van der Waals surface area contributed by atoms with Crippen LogP contribution in [0.25, 0.3) is 0 Å². The molecule has 0 unspecified atom stereocenters. The van der Waals surface area contributed by atoms with Crippen molar-refractivity contribution in [3.63, 3.8) is 0 Å². The fourth-order valence-corrected chi connectivity index (χ4v) is 3.44. The van der Waals surface area contributed by atoms with Gasteiger partial charge in [0.25, 0.3) is 0 Å². The number of benzene rings is 1. The third-order valence-electron chi connectivity index (χ3n) is 3.65. The van der Waals surface area contributed by atoms with Crippen LogP contribution in [0.3, 0.4) is 0 Å². The van der Waals surface area contributed by atoms with Crippen LogP contribution in [0.1, 0.15) is 24.0 Å². The highest BCUT2D eigenvalue weighted by Gasteiger charge is 2.41. The third-order valence-corrected chi connectivity index (χ3v) is 5.21. The van der Waals surface area contributed by atoms with Crippen molar-refractivity contribution in [1.82, 2.24) is 4.72 Å². The fourth-order valence-electron chi connectivity index (χ4n) is 2.06. The summed E-state index contributed by atoms with van der Waals surface area (Å²) in [6.07, 6.45) is 2.03. The zero-order chi connectivity index (χ0) is 13.4. The monoisotopic (exact) mass is 268 g/mol. The lowest BCUT2D eigenvalue weighted by atomic mass is 10.1. The van der Waals surface area contributed by atoms with Crippen LogP contribution in [0.5, 0.6) is 0 Å². The Hall–Kier alpha value is -0.910. The summed E-state index contributed by atoms with van der Waals surface area (Å²) in [5, 5.41) is 0. The summed E-state index contributed by atoms with van der Waals surface area (Å²) in [5.74, 6) is 0. The average Bonchev–Trinajstić information content (AvgIpc) is 3.07. The van der Waals surface area contributed by atoms with E-state index in [1.54, 1.807) is 6.07 Å². The number of sulfonamides is 1. The van der Waals surface area contributed by atoms with Gasteiger partial charge in [-0.2, -0.15) is 0 Å². The fraction of sp³-hybridized carbons (Fsp3) is 0.538. The maximum Gasteiger partial charge on any atom is 0.240 e. The molecule has 0 atom stereocenters. The second-order valence-electron chi connectivity index (χ2n) is 5.30. The maximum atomic E-state index is 12.2. The predicted molar refractivity (Wildman–Crippen MR) is 71.8 cm³/mol. The van der Waals surface area contributed by atoms with Crippen molar-refractivity contribution in [3.8, 4) is 0 Å². The molecule has 3 N–H and O–H groups in total. The minimum Gasteiger partial charge on any atom is -0.330 e. The molecule has 1 aliphatic carbocycles. The van der Waals surface area contributed by atoms with Crippen molar-refractivity contribution < 1.29 is 8.42 Å². The van der Waals surface area contributed by atoms with Gasteiger partial charge in [-0.15, -0.1) is 0 Å². The van der Waals surface area contributed by atoms with Crippen molar-refractivity contribution in [2.45, 2.75) is 31.6 Å². The average molecular weight is 268 g/mol. The van der Waals surface area contributed by atoms with Crippen LogP contribution in [0.2, 0.25) is 0 Å². The largest absolute Gasteiger partial charge is 0.330 e. The van der Waals surface area contributed by atoms with Gasteiger partial charge in [0.1, 0.15) is 0 Å². The summed E-state index contributed by atoms with van der Waals surface area (Å²) in [5.41, 5.74) is 7.50. The van der Waals surface area contributed by atoms with Crippen LogP contribution in [0.4, 0.5) is 0 Å². The number of rotatable bonds is 5. The summed E-state index contributed by atoms with van der Waals surface area (Å²) >= 11 is 0. The van der Waals surface area contributed by atoms with Gasteiger partial charge in [0.15, 0.2) is 0 Å². The molecule has 0 spiro atoms. The molecule has 1 aromatic carbocycles. The number of nitrogens with two attached hydrogens (primary N) is 1. The molecular weight excluding hydrogens is 248 g/mol. The predicted octanol–water partition coefficient (Wildman–Crippen LogP) is 1.32. The molecule has 0 saturated heterocycles. The Morgan fingerprint density at radius 2 is 2.00 bits per heavy atom. The SMILES string of the molecule is Cc1ccc(S(=O)(=O)NCC2(CN)CC2)c(C)c1. The van der Waals surface area contributed by atoms with Crippen LogP contribution in [0, 0.1) is 19.3 Å². The Kier molecular flexibility index (Phi) is 3.49. The second-order valence-corrected chi connectivity index (χ2v) is 7.03.